The number of piperidine rings is 1. The number of aromatic nitrogens is 2. The molecule has 21 heavy (non-hydrogen) atoms. The first-order chi connectivity index (χ1) is 9.97. The molecule has 0 spiro atoms. The van der Waals surface area contributed by atoms with E-state index in [1.807, 2.05) is 13.8 Å². The molecule has 116 valence electrons. The zero-order valence-electron chi connectivity index (χ0n) is 12.5. The summed E-state index contributed by atoms with van der Waals surface area (Å²) in [5.41, 5.74) is 2.10. The van der Waals surface area contributed by atoms with Crippen molar-refractivity contribution in [2.24, 2.45) is 0 Å². The molecule has 0 radical (unpaired) electrons. The molecule has 3 rings (SSSR count). The van der Waals surface area contributed by atoms with Crippen LogP contribution in [0.25, 0.3) is 0 Å². The number of sulfonamides is 1. The van der Waals surface area contributed by atoms with Gasteiger partial charge in [0.05, 0.1) is 5.25 Å². The molecule has 1 aromatic heterocycles. The summed E-state index contributed by atoms with van der Waals surface area (Å²) in [6, 6.07) is 0.0649. The Labute approximate surface area is 126 Å². The van der Waals surface area contributed by atoms with Gasteiger partial charge >= 0.3 is 0 Å². The van der Waals surface area contributed by atoms with Crippen LogP contribution in [0.1, 0.15) is 36.9 Å². The smallest absolute Gasteiger partial charge is 0.214 e. The van der Waals surface area contributed by atoms with Crippen LogP contribution in [0, 0.1) is 13.8 Å². The van der Waals surface area contributed by atoms with E-state index in [1.54, 1.807) is 6.33 Å². The van der Waals surface area contributed by atoms with Gasteiger partial charge < -0.3 is 4.90 Å². The molecule has 1 saturated carbocycles. The molecule has 2 aliphatic rings. The summed E-state index contributed by atoms with van der Waals surface area (Å²) >= 11 is 0. The van der Waals surface area contributed by atoms with Gasteiger partial charge in [0.15, 0.2) is 0 Å². The van der Waals surface area contributed by atoms with Crippen molar-refractivity contribution in [3.05, 3.63) is 17.6 Å². The van der Waals surface area contributed by atoms with E-state index < -0.39 is 10.0 Å². The molecule has 2 heterocycles. The van der Waals surface area contributed by atoms with E-state index in [9.17, 15) is 8.42 Å². The molecule has 1 N–H and O–H groups in total. The van der Waals surface area contributed by atoms with E-state index in [0.29, 0.717) is 0 Å². The van der Waals surface area contributed by atoms with Crippen LogP contribution in [0.4, 0.5) is 5.82 Å². The molecule has 1 saturated heterocycles. The Hall–Kier alpha value is -1.21. The normalized spacial score (nSPS) is 20.8. The first kappa shape index (κ1) is 14.7. The maximum atomic E-state index is 12.0. The second-order valence-electron chi connectivity index (χ2n) is 6.03. The second kappa shape index (κ2) is 5.53. The van der Waals surface area contributed by atoms with E-state index in [1.165, 1.54) is 0 Å². The fourth-order valence-corrected chi connectivity index (χ4v) is 4.41. The lowest BCUT2D eigenvalue weighted by Crippen LogP contribution is -2.46. The van der Waals surface area contributed by atoms with Gasteiger partial charge in [0.2, 0.25) is 10.0 Å². The van der Waals surface area contributed by atoms with Crippen LogP contribution in [-0.2, 0) is 10.0 Å². The molecule has 0 aromatic carbocycles. The van der Waals surface area contributed by atoms with Crippen LogP contribution in [0.15, 0.2) is 6.33 Å². The minimum absolute atomic E-state index is 0.0649. The molecule has 6 nitrogen and oxygen atoms in total. The lowest BCUT2D eigenvalue weighted by molar-refractivity contribution is 0.457. The SMILES string of the molecule is Cc1ncnc(N2CCC(NS(=O)(=O)C3CC3)CC2)c1C. The number of hydrogen-bond acceptors (Lipinski definition) is 5. The Balaban J connectivity index is 1.61. The monoisotopic (exact) mass is 310 g/mol. The van der Waals surface area contributed by atoms with Gasteiger partial charge in [-0.3, -0.25) is 0 Å². The van der Waals surface area contributed by atoms with E-state index in [4.69, 9.17) is 0 Å². The van der Waals surface area contributed by atoms with Crippen LogP contribution in [0.3, 0.4) is 0 Å². The summed E-state index contributed by atoms with van der Waals surface area (Å²) in [6.07, 6.45) is 4.88. The van der Waals surface area contributed by atoms with Crippen molar-refractivity contribution in [2.45, 2.75) is 50.8 Å². The van der Waals surface area contributed by atoms with E-state index >= 15 is 0 Å². The molecule has 2 fully saturated rings. The molecule has 1 aromatic rings. The molecular weight excluding hydrogens is 288 g/mol. The molecule has 1 aliphatic carbocycles. The van der Waals surface area contributed by atoms with E-state index in [-0.39, 0.29) is 11.3 Å². The topological polar surface area (TPSA) is 75.2 Å². The van der Waals surface area contributed by atoms with Gasteiger partial charge in [-0.1, -0.05) is 0 Å². The van der Waals surface area contributed by atoms with Gasteiger partial charge in [-0.25, -0.2) is 23.1 Å². The van der Waals surface area contributed by atoms with Gasteiger partial charge in [-0.2, -0.15) is 0 Å². The molecule has 0 amide bonds. The van der Waals surface area contributed by atoms with Crippen molar-refractivity contribution >= 4 is 15.8 Å². The predicted octanol–water partition coefficient (Wildman–Crippen LogP) is 1.14. The summed E-state index contributed by atoms with van der Waals surface area (Å²) < 4.78 is 26.8. The highest BCUT2D eigenvalue weighted by molar-refractivity contribution is 7.90. The zero-order chi connectivity index (χ0) is 15.0. The second-order valence-corrected chi connectivity index (χ2v) is 8.02. The number of hydrogen-bond donors (Lipinski definition) is 1. The minimum atomic E-state index is -3.08. The quantitative estimate of drug-likeness (QED) is 0.903. The number of aryl methyl sites for hydroxylation is 1. The highest BCUT2D eigenvalue weighted by Crippen LogP contribution is 2.29. The zero-order valence-corrected chi connectivity index (χ0v) is 13.4. The van der Waals surface area contributed by atoms with Crippen molar-refractivity contribution < 1.29 is 8.42 Å². The van der Waals surface area contributed by atoms with Gasteiger partial charge in [-0.15, -0.1) is 0 Å². The highest BCUT2D eigenvalue weighted by Gasteiger charge is 2.37. The molecule has 0 unspecified atom stereocenters. The average Bonchev–Trinajstić information content (AvgIpc) is 3.27. The number of nitrogens with one attached hydrogen (secondary N) is 1. The van der Waals surface area contributed by atoms with Gasteiger partial charge in [-0.05, 0) is 39.5 Å². The summed E-state index contributed by atoms with van der Waals surface area (Å²) in [6.45, 7) is 5.67. The van der Waals surface area contributed by atoms with Gasteiger partial charge in [0.25, 0.3) is 0 Å². The fraction of sp³-hybridized carbons (Fsp3) is 0.714. The van der Waals surface area contributed by atoms with Crippen molar-refractivity contribution in [3.8, 4) is 0 Å². The summed E-state index contributed by atoms with van der Waals surface area (Å²) in [5.74, 6) is 0.978. The van der Waals surface area contributed by atoms with E-state index in [2.05, 4.69) is 19.6 Å². The third kappa shape index (κ3) is 3.18. The van der Waals surface area contributed by atoms with Crippen molar-refractivity contribution in [2.75, 3.05) is 18.0 Å². The Morgan fingerprint density at radius 1 is 1.14 bits per heavy atom. The molecule has 7 heteroatoms. The maximum absolute atomic E-state index is 12.0. The van der Waals surface area contributed by atoms with Crippen molar-refractivity contribution in [3.63, 3.8) is 0 Å². The Kier molecular flexibility index (Phi) is 3.88. The molecule has 0 bridgehead atoms. The maximum Gasteiger partial charge on any atom is 0.214 e. The Bertz CT molecular complexity index is 620. The lowest BCUT2D eigenvalue weighted by atomic mass is 10.1. The average molecular weight is 310 g/mol. The predicted molar refractivity (Wildman–Crippen MR) is 81.8 cm³/mol. The Morgan fingerprint density at radius 3 is 2.43 bits per heavy atom. The van der Waals surface area contributed by atoms with Crippen LogP contribution in [0.5, 0.6) is 0 Å². The largest absolute Gasteiger partial charge is 0.356 e. The van der Waals surface area contributed by atoms with Crippen LogP contribution >= 0.6 is 0 Å². The van der Waals surface area contributed by atoms with E-state index in [0.717, 1.165) is 55.8 Å². The Morgan fingerprint density at radius 2 is 1.81 bits per heavy atom. The summed E-state index contributed by atoms with van der Waals surface area (Å²) in [5, 5.41) is -0.137. The highest BCUT2D eigenvalue weighted by atomic mass is 32.2. The number of nitrogens with zero attached hydrogens (tertiary/aromatic N) is 3. The van der Waals surface area contributed by atoms with Gasteiger partial charge in [0, 0.05) is 30.4 Å². The third-order valence-corrected chi connectivity index (χ3v) is 6.41. The van der Waals surface area contributed by atoms with Crippen molar-refractivity contribution in [1.29, 1.82) is 0 Å². The first-order valence-corrected chi connectivity index (χ1v) is 9.06. The number of anilines is 1. The minimum Gasteiger partial charge on any atom is -0.356 e. The fourth-order valence-electron chi connectivity index (χ4n) is 2.76. The third-order valence-electron chi connectivity index (χ3n) is 4.40. The molecule has 1 aliphatic heterocycles. The standard InChI is InChI=1S/C14H22N4O2S/c1-10-11(2)15-9-16-14(10)18-7-5-12(6-8-18)17-21(19,20)13-3-4-13/h9,12-13,17H,3-8H2,1-2H3. The van der Waals surface area contributed by atoms with Gasteiger partial charge in [0.1, 0.15) is 12.1 Å². The number of rotatable bonds is 4. The van der Waals surface area contributed by atoms with Crippen molar-refractivity contribution in [1.82, 2.24) is 14.7 Å². The molecule has 0 atom stereocenters. The molecular formula is C14H22N4O2S. The first-order valence-electron chi connectivity index (χ1n) is 7.51. The summed E-state index contributed by atoms with van der Waals surface area (Å²) in [7, 11) is -3.08. The summed E-state index contributed by atoms with van der Waals surface area (Å²) in [4.78, 5) is 10.8. The van der Waals surface area contributed by atoms with Crippen LogP contribution in [-0.4, -0.2) is 42.8 Å². The lowest BCUT2D eigenvalue weighted by Gasteiger charge is -2.33. The van der Waals surface area contributed by atoms with Crippen LogP contribution < -0.4 is 9.62 Å². The van der Waals surface area contributed by atoms with Crippen LogP contribution in [0.2, 0.25) is 0 Å².